The molecule has 2 N–H and O–H groups in total. The number of amides is 2. The fourth-order valence-corrected chi connectivity index (χ4v) is 2.14. The minimum absolute atomic E-state index is 0.0930. The third-order valence-electron chi connectivity index (χ3n) is 3.23. The molecule has 0 bridgehead atoms. The molecule has 5 nitrogen and oxygen atoms in total. The number of nitrogens with two attached hydrogens (primary N) is 1. The fourth-order valence-electron chi connectivity index (χ4n) is 2.14. The summed E-state index contributed by atoms with van der Waals surface area (Å²) in [6, 6.07) is 16.2. The van der Waals surface area contributed by atoms with Gasteiger partial charge in [0.15, 0.2) is 0 Å². The van der Waals surface area contributed by atoms with E-state index in [0.717, 1.165) is 0 Å². The van der Waals surface area contributed by atoms with Crippen molar-refractivity contribution in [1.29, 1.82) is 0 Å². The number of hydrogen-bond acceptors (Lipinski definition) is 3. The third-order valence-corrected chi connectivity index (χ3v) is 3.23. The van der Waals surface area contributed by atoms with Gasteiger partial charge < -0.3 is 15.4 Å². The van der Waals surface area contributed by atoms with Crippen molar-refractivity contribution in [3.8, 4) is 5.75 Å². The van der Waals surface area contributed by atoms with Crippen LogP contribution in [0.2, 0.25) is 0 Å². The Labute approximate surface area is 129 Å². The monoisotopic (exact) mass is 298 g/mol. The largest absolute Gasteiger partial charge is 0.496 e. The zero-order chi connectivity index (χ0) is 15.9. The zero-order valence-electron chi connectivity index (χ0n) is 12.4. The van der Waals surface area contributed by atoms with Crippen molar-refractivity contribution in [3.63, 3.8) is 0 Å². The molecule has 0 spiro atoms. The fraction of sp³-hybridized carbons (Fsp3) is 0.176. The Balaban J connectivity index is 2.35. The molecule has 5 heteroatoms. The van der Waals surface area contributed by atoms with E-state index in [2.05, 4.69) is 0 Å². The smallest absolute Gasteiger partial charge is 0.262 e. The quantitative estimate of drug-likeness (QED) is 0.888. The maximum atomic E-state index is 12.8. The SMILES string of the molecule is COc1ccccc1C(=O)N(CCC(N)=O)c1ccccc1. The van der Waals surface area contributed by atoms with Gasteiger partial charge in [0.05, 0.1) is 12.7 Å². The molecule has 0 aliphatic rings. The van der Waals surface area contributed by atoms with Gasteiger partial charge in [0, 0.05) is 18.7 Å². The Kier molecular flexibility index (Phi) is 5.14. The molecule has 2 rings (SSSR count). The van der Waals surface area contributed by atoms with E-state index in [0.29, 0.717) is 17.0 Å². The number of para-hydroxylation sites is 2. The normalized spacial score (nSPS) is 10.0. The number of carbonyl (C=O) groups excluding carboxylic acids is 2. The van der Waals surface area contributed by atoms with Gasteiger partial charge in [-0.05, 0) is 24.3 Å². The van der Waals surface area contributed by atoms with Crippen LogP contribution in [0.25, 0.3) is 0 Å². The predicted molar refractivity (Wildman–Crippen MR) is 84.9 cm³/mol. The first-order valence-electron chi connectivity index (χ1n) is 6.91. The molecule has 0 aliphatic heterocycles. The van der Waals surface area contributed by atoms with Gasteiger partial charge in [0.25, 0.3) is 5.91 Å². The second-order valence-electron chi connectivity index (χ2n) is 4.71. The van der Waals surface area contributed by atoms with Gasteiger partial charge in [-0.25, -0.2) is 0 Å². The second-order valence-corrected chi connectivity index (χ2v) is 4.71. The van der Waals surface area contributed by atoms with E-state index < -0.39 is 5.91 Å². The highest BCUT2D eigenvalue weighted by atomic mass is 16.5. The van der Waals surface area contributed by atoms with Crippen molar-refractivity contribution >= 4 is 17.5 Å². The minimum Gasteiger partial charge on any atom is -0.496 e. The molecular formula is C17H18N2O3. The number of ether oxygens (including phenoxy) is 1. The molecule has 0 unspecified atom stereocenters. The van der Waals surface area contributed by atoms with Gasteiger partial charge in [0.2, 0.25) is 5.91 Å². The van der Waals surface area contributed by atoms with Crippen LogP contribution in [0.1, 0.15) is 16.8 Å². The first kappa shape index (κ1) is 15.6. The maximum absolute atomic E-state index is 12.8. The lowest BCUT2D eigenvalue weighted by molar-refractivity contribution is -0.117. The van der Waals surface area contributed by atoms with E-state index in [1.54, 1.807) is 24.3 Å². The molecule has 0 aliphatic carbocycles. The number of benzene rings is 2. The molecule has 114 valence electrons. The van der Waals surface area contributed by atoms with E-state index in [9.17, 15) is 9.59 Å². The molecule has 0 radical (unpaired) electrons. The van der Waals surface area contributed by atoms with Crippen LogP contribution in [0.3, 0.4) is 0 Å². The van der Waals surface area contributed by atoms with Crippen LogP contribution in [0.15, 0.2) is 54.6 Å². The molecule has 0 heterocycles. The molecule has 0 aromatic heterocycles. The van der Waals surface area contributed by atoms with Gasteiger partial charge >= 0.3 is 0 Å². The number of primary amides is 1. The number of nitrogens with zero attached hydrogens (tertiary/aromatic N) is 1. The van der Waals surface area contributed by atoms with Gasteiger partial charge in [-0.3, -0.25) is 9.59 Å². The Morgan fingerprint density at radius 3 is 2.32 bits per heavy atom. The van der Waals surface area contributed by atoms with Gasteiger partial charge in [-0.2, -0.15) is 0 Å². The van der Waals surface area contributed by atoms with Gasteiger partial charge in [0.1, 0.15) is 5.75 Å². The average Bonchev–Trinajstić information content (AvgIpc) is 2.55. The lowest BCUT2D eigenvalue weighted by Crippen LogP contribution is -2.34. The molecule has 0 atom stereocenters. The molecule has 2 aromatic rings. The maximum Gasteiger partial charge on any atom is 0.262 e. The first-order chi connectivity index (χ1) is 10.6. The Morgan fingerprint density at radius 1 is 1.05 bits per heavy atom. The molecular weight excluding hydrogens is 280 g/mol. The highest BCUT2D eigenvalue weighted by Crippen LogP contribution is 2.23. The summed E-state index contributed by atoms with van der Waals surface area (Å²) in [4.78, 5) is 25.4. The van der Waals surface area contributed by atoms with Crippen molar-refractivity contribution in [1.82, 2.24) is 0 Å². The Bertz CT molecular complexity index is 656. The van der Waals surface area contributed by atoms with Crippen LogP contribution in [-0.4, -0.2) is 25.5 Å². The number of hydrogen-bond donors (Lipinski definition) is 1. The van der Waals surface area contributed by atoms with Crippen molar-refractivity contribution in [2.75, 3.05) is 18.6 Å². The van der Waals surface area contributed by atoms with Crippen molar-refractivity contribution in [2.24, 2.45) is 5.73 Å². The second kappa shape index (κ2) is 7.26. The third kappa shape index (κ3) is 3.63. The molecule has 0 saturated carbocycles. The summed E-state index contributed by atoms with van der Waals surface area (Å²) in [5, 5.41) is 0. The summed E-state index contributed by atoms with van der Waals surface area (Å²) in [5.41, 5.74) is 6.36. The van der Waals surface area contributed by atoms with Crippen LogP contribution >= 0.6 is 0 Å². The summed E-state index contributed by atoms with van der Waals surface area (Å²) in [7, 11) is 1.52. The van der Waals surface area contributed by atoms with Crippen LogP contribution in [0.5, 0.6) is 5.75 Å². The minimum atomic E-state index is -0.450. The lowest BCUT2D eigenvalue weighted by Gasteiger charge is -2.23. The molecule has 2 amide bonds. The van der Waals surface area contributed by atoms with Crippen molar-refractivity contribution < 1.29 is 14.3 Å². The first-order valence-corrected chi connectivity index (χ1v) is 6.91. The molecule has 0 fully saturated rings. The van der Waals surface area contributed by atoms with Crippen LogP contribution in [0.4, 0.5) is 5.69 Å². The van der Waals surface area contributed by atoms with E-state index in [1.807, 2.05) is 30.3 Å². The number of methoxy groups -OCH3 is 1. The average molecular weight is 298 g/mol. The summed E-state index contributed by atoms with van der Waals surface area (Å²) in [6.45, 7) is 0.218. The van der Waals surface area contributed by atoms with Gasteiger partial charge in [-0.15, -0.1) is 0 Å². The summed E-state index contributed by atoms with van der Waals surface area (Å²) in [6.07, 6.45) is 0.0930. The molecule has 0 saturated heterocycles. The summed E-state index contributed by atoms with van der Waals surface area (Å²) >= 11 is 0. The van der Waals surface area contributed by atoms with E-state index in [-0.39, 0.29) is 18.9 Å². The van der Waals surface area contributed by atoms with Crippen LogP contribution in [0, 0.1) is 0 Å². The van der Waals surface area contributed by atoms with Crippen molar-refractivity contribution in [2.45, 2.75) is 6.42 Å². The highest BCUT2D eigenvalue weighted by Gasteiger charge is 2.21. The Morgan fingerprint density at radius 2 is 1.68 bits per heavy atom. The van der Waals surface area contributed by atoms with Crippen molar-refractivity contribution in [3.05, 3.63) is 60.2 Å². The number of anilines is 1. The standard InChI is InChI=1S/C17H18N2O3/c1-22-15-10-6-5-9-14(15)17(21)19(12-11-16(18)20)13-7-3-2-4-8-13/h2-10H,11-12H2,1H3,(H2,18,20). The predicted octanol–water partition coefficient (Wildman–Crippen LogP) is 2.22. The highest BCUT2D eigenvalue weighted by molar-refractivity contribution is 6.08. The molecule has 22 heavy (non-hydrogen) atoms. The number of rotatable bonds is 6. The van der Waals surface area contributed by atoms with E-state index in [4.69, 9.17) is 10.5 Å². The van der Waals surface area contributed by atoms with E-state index >= 15 is 0 Å². The van der Waals surface area contributed by atoms with Crippen LogP contribution < -0.4 is 15.4 Å². The van der Waals surface area contributed by atoms with E-state index in [1.165, 1.54) is 12.0 Å². The van der Waals surface area contributed by atoms with Gasteiger partial charge in [-0.1, -0.05) is 30.3 Å². The number of carbonyl (C=O) groups is 2. The summed E-state index contributed by atoms with van der Waals surface area (Å²) < 4.78 is 5.24. The Hall–Kier alpha value is -2.82. The topological polar surface area (TPSA) is 72.6 Å². The summed E-state index contributed by atoms with van der Waals surface area (Å²) in [5.74, 6) is -0.189. The van der Waals surface area contributed by atoms with Crippen LogP contribution in [-0.2, 0) is 4.79 Å². The molecule has 2 aromatic carbocycles. The zero-order valence-corrected chi connectivity index (χ0v) is 12.4. The lowest BCUT2D eigenvalue weighted by atomic mass is 10.1.